The number of fused-ring (bicyclic) bond motifs is 1. The van der Waals surface area contributed by atoms with Crippen LogP contribution in [-0.2, 0) is 26.2 Å². The van der Waals surface area contributed by atoms with E-state index in [1.807, 2.05) is 6.21 Å². The van der Waals surface area contributed by atoms with E-state index in [2.05, 4.69) is 74.4 Å². The molecule has 2 aromatic carbocycles. The molecule has 3 heteroatoms. The van der Waals surface area contributed by atoms with Gasteiger partial charge in [0.25, 0.3) is 0 Å². The van der Waals surface area contributed by atoms with Gasteiger partial charge in [0.2, 0.25) is 0 Å². The zero-order valence-electron chi connectivity index (χ0n) is 14.1. The smallest absolute Gasteiger partial charge is 0.116 e. The van der Waals surface area contributed by atoms with E-state index in [1.54, 1.807) is 10.4 Å². The summed E-state index contributed by atoms with van der Waals surface area (Å²) in [5, 5.41) is 5.96. The van der Waals surface area contributed by atoms with Crippen LogP contribution in [0.15, 0.2) is 74.7 Å². The molecule has 0 unspecified atom stereocenters. The van der Waals surface area contributed by atoms with Gasteiger partial charge in [-0.3, -0.25) is 4.99 Å². The van der Waals surface area contributed by atoms with Crippen LogP contribution >= 0.6 is 0 Å². The SMILES string of the molecule is CC1=C2C3=CC=NC3=C1[Si]2(C)C.Cc1cc2ccccc2[cH-]1.[Zr]. The summed E-state index contributed by atoms with van der Waals surface area (Å²) in [7, 11) is -1.13. The number of allylic oxidation sites excluding steroid dienone is 4. The van der Waals surface area contributed by atoms with Crippen molar-refractivity contribution in [2.24, 2.45) is 4.99 Å². The van der Waals surface area contributed by atoms with Gasteiger partial charge < -0.3 is 0 Å². The Kier molecular flexibility index (Phi) is 4.14. The van der Waals surface area contributed by atoms with Crippen LogP contribution in [0.2, 0.25) is 13.1 Å². The summed E-state index contributed by atoms with van der Waals surface area (Å²) in [6.07, 6.45) is 4.10. The van der Waals surface area contributed by atoms with E-state index in [1.165, 1.54) is 33.2 Å². The third kappa shape index (κ3) is 2.37. The van der Waals surface area contributed by atoms with Crippen LogP contribution in [0.3, 0.4) is 0 Å². The van der Waals surface area contributed by atoms with Crippen LogP contribution in [0, 0.1) is 6.92 Å². The number of aliphatic imine (C=N–C) groups is 1. The minimum atomic E-state index is -1.13. The van der Waals surface area contributed by atoms with Crippen molar-refractivity contribution in [3.8, 4) is 0 Å². The van der Waals surface area contributed by atoms with E-state index in [-0.39, 0.29) is 26.2 Å². The Morgan fingerprint density at radius 3 is 2.43 bits per heavy atom. The Balaban J connectivity index is 0.000000132. The van der Waals surface area contributed by atoms with Gasteiger partial charge in [-0.1, -0.05) is 26.1 Å². The first-order chi connectivity index (χ1) is 10.5. The van der Waals surface area contributed by atoms with Crippen LogP contribution in [0.5, 0.6) is 0 Å². The van der Waals surface area contributed by atoms with E-state index >= 15 is 0 Å². The molecule has 3 heterocycles. The molecule has 3 aliphatic heterocycles. The topological polar surface area (TPSA) is 12.4 Å². The molecule has 2 bridgehead atoms. The Hall–Kier alpha value is -1.18. The van der Waals surface area contributed by atoms with Crippen molar-refractivity contribution in [3.05, 3.63) is 75.3 Å². The molecule has 1 aliphatic carbocycles. The minimum Gasteiger partial charge on any atom is -0.256 e. The molecule has 0 amide bonds. The summed E-state index contributed by atoms with van der Waals surface area (Å²) in [4.78, 5) is 4.42. The third-order valence-electron chi connectivity index (χ3n) is 4.97. The quantitative estimate of drug-likeness (QED) is 0.428. The summed E-state index contributed by atoms with van der Waals surface area (Å²) in [5.74, 6) is 0. The van der Waals surface area contributed by atoms with Crippen molar-refractivity contribution in [1.29, 1.82) is 0 Å². The fraction of sp³-hybridized carbons (Fsp3) is 0.200. The third-order valence-corrected chi connectivity index (χ3v) is 8.72. The number of nitrogens with zero attached hydrogens (tertiary/aromatic N) is 1. The van der Waals surface area contributed by atoms with Gasteiger partial charge in [0.05, 0.1) is 5.70 Å². The first kappa shape index (κ1) is 16.7. The van der Waals surface area contributed by atoms with E-state index in [0.29, 0.717) is 0 Å². The van der Waals surface area contributed by atoms with Gasteiger partial charge in [-0.05, 0) is 29.0 Å². The summed E-state index contributed by atoms with van der Waals surface area (Å²) < 4.78 is 0. The van der Waals surface area contributed by atoms with E-state index in [9.17, 15) is 0 Å². The molecule has 0 aromatic heterocycles. The largest absolute Gasteiger partial charge is 0.256 e. The van der Waals surface area contributed by atoms with E-state index < -0.39 is 8.07 Å². The van der Waals surface area contributed by atoms with Crippen molar-refractivity contribution in [2.75, 3.05) is 0 Å². The zero-order valence-corrected chi connectivity index (χ0v) is 17.5. The molecular formula is C20H20NSiZr-. The predicted molar refractivity (Wildman–Crippen MR) is 98.1 cm³/mol. The van der Waals surface area contributed by atoms with Gasteiger partial charge >= 0.3 is 0 Å². The molecule has 0 N–H and O–H groups in total. The molecule has 114 valence electrons. The van der Waals surface area contributed by atoms with Crippen molar-refractivity contribution < 1.29 is 26.2 Å². The molecule has 0 spiro atoms. The number of hydrogen-bond donors (Lipinski definition) is 0. The minimum absolute atomic E-state index is 0. The standard InChI is InChI=1S/C10H11NSi.C10H9.Zr/c1-6-9-7-4-5-11-8(7)10(6)12(9,2)3;1-8-6-9-4-2-3-5-10(9)7-8;/h4-5H,1-3H3;2-7H,1H3;/q;-1;. The van der Waals surface area contributed by atoms with Crippen molar-refractivity contribution in [1.82, 2.24) is 0 Å². The van der Waals surface area contributed by atoms with E-state index in [0.717, 1.165) is 0 Å². The fourth-order valence-corrected chi connectivity index (χ4v) is 8.03. The molecule has 1 nitrogen and oxygen atoms in total. The average molecular weight is 394 g/mol. The molecule has 0 atom stereocenters. The Bertz CT molecular complexity index is 889. The molecule has 0 radical (unpaired) electrons. The molecule has 23 heavy (non-hydrogen) atoms. The van der Waals surface area contributed by atoms with Gasteiger partial charge in [0.1, 0.15) is 8.07 Å². The van der Waals surface area contributed by atoms with Crippen LogP contribution in [-0.4, -0.2) is 14.3 Å². The monoisotopic (exact) mass is 392 g/mol. The van der Waals surface area contributed by atoms with E-state index in [4.69, 9.17) is 0 Å². The van der Waals surface area contributed by atoms with Gasteiger partial charge in [-0.25, -0.2) is 0 Å². The number of benzene rings is 1. The predicted octanol–water partition coefficient (Wildman–Crippen LogP) is 5.25. The maximum Gasteiger partial charge on any atom is 0.116 e. The number of hydrogen-bond acceptors (Lipinski definition) is 1. The molecule has 0 fully saturated rings. The molecule has 6 rings (SSSR count). The zero-order chi connectivity index (χ0) is 15.5. The van der Waals surface area contributed by atoms with Gasteiger partial charge in [0.15, 0.2) is 0 Å². The maximum atomic E-state index is 4.42. The molecule has 4 aliphatic rings. The van der Waals surface area contributed by atoms with Crippen LogP contribution < -0.4 is 0 Å². The first-order valence-electron chi connectivity index (χ1n) is 7.84. The summed E-state index contributed by atoms with van der Waals surface area (Å²) in [6.45, 7) is 9.21. The Morgan fingerprint density at radius 1 is 1.04 bits per heavy atom. The average Bonchev–Trinajstić information content (AvgIpc) is 3.13. The second-order valence-corrected chi connectivity index (χ2v) is 11.1. The normalized spacial score (nSPS) is 19.0. The number of aryl methyl sites for hydroxylation is 1. The molecule has 2 aromatic rings. The molecule has 0 saturated carbocycles. The van der Waals surface area contributed by atoms with Gasteiger partial charge in [-0.2, -0.15) is 6.07 Å². The fourth-order valence-electron chi connectivity index (χ4n) is 4.18. The van der Waals surface area contributed by atoms with Crippen molar-refractivity contribution in [3.63, 3.8) is 0 Å². The van der Waals surface area contributed by atoms with Crippen LogP contribution in [0.25, 0.3) is 10.8 Å². The molecule has 0 saturated heterocycles. The number of rotatable bonds is 0. The second-order valence-electron chi connectivity index (χ2n) is 6.87. The summed E-state index contributed by atoms with van der Waals surface area (Å²) >= 11 is 0. The van der Waals surface area contributed by atoms with Crippen LogP contribution in [0.4, 0.5) is 0 Å². The van der Waals surface area contributed by atoms with Crippen molar-refractivity contribution in [2.45, 2.75) is 26.9 Å². The van der Waals surface area contributed by atoms with Gasteiger partial charge in [-0.15, -0.1) is 40.6 Å². The summed E-state index contributed by atoms with van der Waals surface area (Å²) in [5.41, 5.74) is 5.63. The molecular weight excluding hydrogens is 374 g/mol. The van der Waals surface area contributed by atoms with Crippen LogP contribution in [0.1, 0.15) is 12.5 Å². The first-order valence-corrected chi connectivity index (χ1v) is 10.8. The maximum absolute atomic E-state index is 4.42. The Morgan fingerprint density at radius 2 is 1.78 bits per heavy atom. The van der Waals surface area contributed by atoms with Gasteiger partial charge in [0, 0.05) is 38.0 Å². The van der Waals surface area contributed by atoms with Crippen molar-refractivity contribution >= 4 is 25.1 Å². The Labute approximate surface area is 158 Å². The second kappa shape index (κ2) is 5.72. The summed E-state index contributed by atoms with van der Waals surface area (Å²) in [6, 6.07) is 12.8.